The molecule has 0 radical (unpaired) electrons. The Labute approximate surface area is 229 Å². The second-order valence-corrected chi connectivity index (χ2v) is 10.3. The lowest BCUT2D eigenvalue weighted by Gasteiger charge is -2.40. The molecule has 5 rings (SSSR count). The predicted octanol–water partition coefficient (Wildman–Crippen LogP) is 3.70. The topological polar surface area (TPSA) is 64.2 Å². The first-order valence-corrected chi connectivity index (χ1v) is 13.3. The van der Waals surface area contributed by atoms with Crippen LogP contribution in [0.2, 0.25) is 0 Å². The number of carbonyl (C=O) groups is 3. The Morgan fingerprint density at radius 3 is 1.64 bits per heavy atom. The van der Waals surface area contributed by atoms with Gasteiger partial charge >= 0.3 is 0 Å². The Hall–Kier alpha value is -4.07. The molecule has 0 N–H and O–H groups in total. The summed E-state index contributed by atoms with van der Waals surface area (Å²) in [4.78, 5) is 47.7. The van der Waals surface area contributed by atoms with Gasteiger partial charge < -0.3 is 9.80 Å². The molecule has 0 bridgehead atoms. The number of allylic oxidation sites excluding steroid dienone is 2. The molecule has 0 saturated carbocycles. The highest BCUT2D eigenvalue weighted by Gasteiger charge is 2.37. The van der Waals surface area contributed by atoms with E-state index in [4.69, 9.17) is 0 Å². The van der Waals surface area contributed by atoms with E-state index >= 15 is 0 Å². The molecule has 200 valence electrons. The van der Waals surface area contributed by atoms with Crippen LogP contribution in [0, 0.1) is 0 Å². The Balaban J connectivity index is 1.30. The molecule has 0 aromatic heterocycles. The van der Waals surface area contributed by atoms with Crippen molar-refractivity contribution in [2.24, 2.45) is 0 Å². The first kappa shape index (κ1) is 26.5. The third kappa shape index (κ3) is 5.28. The van der Waals surface area contributed by atoms with Gasteiger partial charge in [0.25, 0.3) is 0 Å². The van der Waals surface area contributed by atoms with Gasteiger partial charge in [0.2, 0.25) is 17.5 Å². The molecule has 1 fully saturated rings. The van der Waals surface area contributed by atoms with Crippen LogP contribution in [-0.2, 0) is 4.79 Å². The van der Waals surface area contributed by atoms with E-state index in [1.165, 1.54) is 16.0 Å². The van der Waals surface area contributed by atoms with Crippen LogP contribution in [0.3, 0.4) is 0 Å². The second-order valence-electron chi connectivity index (χ2n) is 10.3. The molecule has 7 nitrogen and oxygen atoms in total. The molecule has 2 aliphatic rings. The van der Waals surface area contributed by atoms with Crippen LogP contribution in [-0.4, -0.2) is 90.9 Å². The Kier molecular flexibility index (Phi) is 7.72. The third-order valence-corrected chi connectivity index (χ3v) is 7.59. The summed E-state index contributed by atoms with van der Waals surface area (Å²) in [6, 6.07) is 28.0. The standard InChI is InChI=1S/C32H34N4O3/c1-33(2)29-30(32(39)26-17-11-10-16-25(26)31(29)38)34(3)27(37)22-35-18-20-36(21-19-35)28(23-12-6-4-7-13-23)24-14-8-5-9-15-24/h4-17,28H,18-22H2,1-3H3. The molecular weight excluding hydrogens is 488 g/mol. The molecule has 0 unspecified atom stereocenters. The van der Waals surface area contributed by atoms with E-state index < -0.39 is 0 Å². The minimum atomic E-state index is -0.303. The first-order chi connectivity index (χ1) is 18.9. The molecule has 0 spiro atoms. The number of benzene rings is 3. The fourth-order valence-corrected chi connectivity index (χ4v) is 5.56. The quantitative estimate of drug-likeness (QED) is 0.472. The third-order valence-electron chi connectivity index (χ3n) is 7.59. The average Bonchev–Trinajstić information content (AvgIpc) is 2.96. The smallest absolute Gasteiger partial charge is 0.241 e. The highest BCUT2D eigenvalue weighted by molar-refractivity contribution is 6.27. The largest absolute Gasteiger partial charge is 0.373 e. The van der Waals surface area contributed by atoms with Crippen molar-refractivity contribution >= 4 is 17.5 Å². The Bertz CT molecular complexity index is 1350. The number of ketones is 2. The van der Waals surface area contributed by atoms with Crippen molar-refractivity contribution in [3.8, 4) is 0 Å². The number of rotatable bonds is 7. The molecule has 1 heterocycles. The lowest BCUT2D eigenvalue weighted by molar-refractivity contribution is -0.129. The molecule has 3 aromatic carbocycles. The SMILES string of the molecule is CN(C)C1=C(N(C)C(=O)CN2CCN(C(c3ccccc3)c3ccccc3)CC2)C(=O)c2ccccc2C1=O. The number of hydrogen-bond donors (Lipinski definition) is 0. The minimum Gasteiger partial charge on any atom is -0.373 e. The normalized spacial score (nSPS) is 16.4. The number of likely N-dealkylation sites (N-methyl/N-ethyl adjacent to an activating group) is 2. The van der Waals surface area contributed by atoms with Gasteiger partial charge in [0.15, 0.2) is 0 Å². The molecule has 1 saturated heterocycles. The summed E-state index contributed by atoms with van der Waals surface area (Å²) in [6.45, 7) is 3.25. The van der Waals surface area contributed by atoms with E-state index in [1.54, 1.807) is 50.3 Å². The zero-order chi connectivity index (χ0) is 27.5. The van der Waals surface area contributed by atoms with Gasteiger partial charge in [-0.15, -0.1) is 0 Å². The maximum atomic E-state index is 13.5. The second kappa shape index (κ2) is 11.4. The van der Waals surface area contributed by atoms with Gasteiger partial charge in [-0.05, 0) is 11.1 Å². The summed E-state index contributed by atoms with van der Waals surface area (Å²) in [6.07, 6.45) is 0. The monoisotopic (exact) mass is 522 g/mol. The van der Waals surface area contributed by atoms with Crippen LogP contribution in [0.1, 0.15) is 37.9 Å². The van der Waals surface area contributed by atoms with E-state index in [2.05, 4.69) is 58.3 Å². The van der Waals surface area contributed by atoms with E-state index in [1.807, 2.05) is 12.1 Å². The number of fused-ring (bicyclic) bond motifs is 1. The van der Waals surface area contributed by atoms with Gasteiger partial charge in [0, 0.05) is 58.4 Å². The summed E-state index contributed by atoms with van der Waals surface area (Å²) in [5, 5.41) is 0. The minimum absolute atomic E-state index is 0.139. The van der Waals surface area contributed by atoms with Crippen LogP contribution in [0.5, 0.6) is 0 Å². The van der Waals surface area contributed by atoms with E-state index in [0.29, 0.717) is 11.1 Å². The Morgan fingerprint density at radius 2 is 1.15 bits per heavy atom. The summed E-state index contributed by atoms with van der Waals surface area (Å²) >= 11 is 0. The molecular formula is C32H34N4O3. The first-order valence-electron chi connectivity index (χ1n) is 13.3. The number of amides is 1. The van der Waals surface area contributed by atoms with Crippen LogP contribution in [0.25, 0.3) is 0 Å². The van der Waals surface area contributed by atoms with Crippen molar-refractivity contribution < 1.29 is 14.4 Å². The van der Waals surface area contributed by atoms with Crippen molar-refractivity contribution in [1.82, 2.24) is 19.6 Å². The zero-order valence-corrected chi connectivity index (χ0v) is 22.7. The lowest BCUT2D eigenvalue weighted by atomic mass is 9.89. The predicted molar refractivity (Wildman–Crippen MR) is 151 cm³/mol. The summed E-state index contributed by atoms with van der Waals surface area (Å²) < 4.78 is 0. The van der Waals surface area contributed by atoms with Crippen LogP contribution in [0.15, 0.2) is 96.3 Å². The van der Waals surface area contributed by atoms with Gasteiger partial charge in [-0.1, -0.05) is 84.9 Å². The number of Topliss-reactive ketones (excluding diaryl/α,β-unsaturated/α-hetero) is 2. The van der Waals surface area contributed by atoms with Crippen LogP contribution in [0.4, 0.5) is 0 Å². The highest BCUT2D eigenvalue weighted by atomic mass is 16.2. The van der Waals surface area contributed by atoms with Gasteiger partial charge in [-0.2, -0.15) is 0 Å². The van der Waals surface area contributed by atoms with E-state index in [9.17, 15) is 14.4 Å². The van der Waals surface area contributed by atoms with Gasteiger partial charge in [0.05, 0.1) is 12.6 Å². The zero-order valence-electron chi connectivity index (χ0n) is 22.7. The molecule has 1 aliphatic heterocycles. The number of carbonyl (C=O) groups excluding carboxylic acids is 3. The van der Waals surface area contributed by atoms with Crippen molar-refractivity contribution in [1.29, 1.82) is 0 Å². The van der Waals surface area contributed by atoms with Crippen molar-refractivity contribution in [3.63, 3.8) is 0 Å². The Morgan fingerprint density at radius 1 is 0.692 bits per heavy atom. The van der Waals surface area contributed by atoms with Crippen LogP contribution >= 0.6 is 0 Å². The molecule has 1 amide bonds. The fraction of sp³-hybridized carbons (Fsp3) is 0.281. The van der Waals surface area contributed by atoms with Gasteiger partial charge in [-0.25, -0.2) is 0 Å². The van der Waals surface area contributed by atoms with E-state index in [-0.39, 0.29) is 41.5 Å². The van der Waals surface area contributed by atoms with Gasteiger partial charge in [0.1, 0.15) is 11.4 Å². The van der Waals surface area contributed by atoms with Crippen molar-refractivity contribution in [2.75, 3.05) is 53.9 Å². The summed E-state index contributed by atoms with van der Waals surface area (Å²) in [5.41, 5.74) is 3.59. The molecule has 7 heteroatoms. The number of piperazine rings is 1. The maximum absolute atomic E-state index is 13.5. The maximum Gasteiger partial charge on any atom is 0.241 e. The van der Waals surface area contributed by atoms with E-state index in [0.717, 1.165) is 26.2 Å². The molecule has 1 aliphatic carbocycles. The fourth-order valence-electron chi connectivity index (χ4n) is 5.56. The average molecular weight is 523 g/mol. The van der Waals surface area contributed by atoms with Crippen LogP contribution < -0.4 is 0 Å². The highest BCUT2D eigenvalue weighted by Crippen LogP contribution is 2.31. The molecule has 3 aromatic rings. The van der Waals surface area contributed by atoms with Crippen molar-refractivity contribution in [3.05, 3.63) is 119 Å². The summed E-state index contributed by atoms with van der Waals surface area (Å²) in [5.74, 6) is -0.754. The molecule has 0 atom stereocenters. The number of hydrogen-bond acceptors (Lipinski definition) is 6. The number of nitrogens with zero attached hydrogens (tertiary/aromatic N) is 4. The van der Waals surface area contributed by atoms with Crippen molar-refractivity contribution in [2.45, 2.75) is 6.04 Å². The summed E-state index contributed by atoms with van der Waals surface area (Å²) in [7, 11) is 5.04. The van der Waals surface area contributed by atoms with Gasteiger partial charge in [-0.3, -0.25) is 24.2 Å². The molecule has 39 heavy (non-hydrogen) atoms. The lowest BCUT2D eigenvalue weighted by Crippen LogP contribution is -2.51.